The van der Waals surface area contributed by atoms with E-state index in [1.807, 2.05) is 97.1 Å². The molecule has 0 saturated heterocycles. The van der Waals surface area contributed by atoms with Gasteiger partial charge in [0.15, 0.2) is 23.0 Å². The quantitative estimate of drug-likeness (QED) is 0.126. The number of benzene rings is 8. The van der Waals surface area contributed by atoms with Gasteiger partial charge < -0.3 is 27.6 Å². The zero-order valence-electron chi connectivity index (χ0n) is 27.3. The summed E-state index contributed by atoms with van der Waals surface area (Å²) >= 11 is 0. The molecule has 0 fully saturated rings. The van der Waals surface area contributed by atoms with Gasteiger partial charge >= 0.3 is 0 Å². The van der Waals surface area contributed by atoms with Gasteiger partial charge in [-0.2, -0.15) is 0 Å². The van der Waals surface area contributed by atoms with Crippen molar-refractivity contribution in [2.75, 3.05) is 14.2 Å². The molecule has 50 heavy (non-hydrogen) atoms. The highest BCUT2D eigenvalue weighted by molar-refractivity contribution is 7.27. The number of hydrogen-bond acceptors (Lipinski definition) is 6. The minimum atomic E-state index is -0.369. The third-order valence-electron chi connectivity index (χ3n) is 8.71. The second kappa shape index (κ2) is 14.1. The normalized spacial score (nSPS) is 11.6. The standard InChI is InChI=1S/C42H32O6P2/c1-43-37-25-29-15-5-9-21-33(29)39(41(37)47-49-45-35-23-11-17-27-13-3-7-19-31(27)35)40-34-22-10-6-16-30(34)26-38(44-2)42(40)48-50-46-36-24-12-18-28-14-4-8-20-32(28)36/h3-26,49-50H,1-2H3. The van der Waals surface area contributed by atoms with E-state index in [0.717, 1.165) is 65.7 Å². The first-order valence-electron chi connectivity index (χ1n) is 16.1. The van der Waals surface area contributed by atoms with Crippen LogP contribution in [0.3, 0.4) is 0 Å². The Hall–Kier alpha value is -5.54. The molecule has 0 heterocycles. The van der Waals surface area contributed by atoms with Crippen molar-refractivity contribution in [1.29, 1.82) is 0 Å². The highest BCUT2D eigenvalue weighted by Crippen LogP contribution is 2.54. The molecule has 8 aromatic rings. The lowest BCUT2D eigenvalue weighted by Crippen LogP contribution is -1.99. The summed E-state index contributed by atoms with van der Waals surface area (Å²) in [6.07, 6.45) is 0. The van der Waals surface area contributed by atoms with Gasteiger partial charge in [-0.25, -0.2) is 0 Å². The zero-order valence-corrected chi connectivity index (χ0v) is 29.3. The van der Waals surface area contributed by atoms with E-state index in [-0.39, 0.29) is 18.1 Å². The second-order valence-corrected chi connectivity index (χ2v) is 12.7. The lowest BCUT2D eigenvalue weighted by Gasteiger charge is -2.22. The maximum Gasteiger partial charge on any atom is 0.275 e. The molecular weight excluding hydrogens is 662 g/mol. The van der Waals surface area contributed by atoms with Crippen molar-refractivity contribution in [3.63, 3.8) is 0 Å². The minimum Gasteiger partial charge on any atom is -0.493 e. The van der Waals surface area contributed by atoms with Crippen molar-refractivity contribution >= 4 is 61.2 Å². The van der Waals surface area contributed by atoms with E-state index in [9.17, 15) is 0 Å². The molecule has 0 radical (unpaired) electrons. The Bertz CT molecular complexity index is 2310. The van der Waals surface area contributed by atoms with Gasteiger partial charge in [0.2, 0.25) is 0 Å². The van der Waals surface area contributed by atoms with Crippen LogP contribution >= 0.6 is 18.1 Å². The molecule has 0 aliphatic rings. The van der Waals surface area contributed by atoms with Gasteiger partial charge in [0.1, 0.15) is 11.5 Å². The van der Waals surface area contributed by atoms with Gasteiger partial charge in [-0.3, -0.25) is 0 Å². The highest BCUT2D eigenvalue weighted by Gasteiger charge is 2.26. The van der Waals surface area contributed by atoms with Crippen LogP contribution in [0.2, 0.25) is 0 Å². The molecule has 2 unspecified atom stereocenters. The summed E-state index contributed by atoms with van der Waals surface area (Å²) in [5.74, 6) is 3.69. The molecule has 8 rings (SSSR count). The lowest BCUT2D eigenvalue weighted by molar-refractivity contribution is 0.393. The van der Waals surface area contributed by atoms with E-state index >= 15 is 0 Å². The van der Waals surface area contributed by atoms with Crippen molar-refractivity contribution in [2.45, 2.75) is 0 Å². The molecule has 0 spiro atoms. The summed E-state index contributed by atoms with van der Waals surface area (Å²) in [6, 6.07) is 48.6. The fourth-order valence-electron chi connectivity index (χ4n) is 6.39. The van der Waals surface area contributed by atoms with Crippen LogP contribution in [0, 0.1) is 0 Å². The number of hydrogen-bond donors (Lipinski definition) is 0. The van der Waals surface area contributed by atoms with Gasteiger partial charge in [0.25, 0.3) is 18.1 Å². The molecule has 8 heteroatoms. The first-order chi connectivity index (χ1) is 24.7. The van der Waals surface area contributed by atoms with Crippen molar-refractivity contribution in [2.24, 2.45) is 0 Å². The van der Waals surface area contributed by atoms with Crippen LogP contribution in [0.1, 0.15) is 0 Å². The maximum atomic E-state index is 6.63. The largest absolute Gasteiger partial charge is 0.493 e. The molecule has 0 aliphatic carbocycles. The zero-order chi connectivity index (χ0) is 33.9. The average molecular weight is 695 g/mol. The predicted molar refractivity (Wildman–Crippen MR) is 207 cm³/mol. The Labute approximate surface area is 293 Å². The molecule has 0 bridgehead atoms. The minimum absolute atomic E-state index is 0.369. The smallest absolute Gasteiger partial charge is 0.275 e. The van der Waals surface area contributed by atoms with E-state index in [2.05, 4.69) is 48.5 Å². The van der Waals surface area contributed by atoms with E-state index in [1.54, 1.807) is 14.2 Å². The summed E-state index contributed by atoms with van der Waals surface area (Å²) in [7, 11) is 2.56. The Morgan fingerprint density at radius 3 is 1.12 bits per heavy atom. The van der Waals surface area contributed by atoms with Crippen LogP contribution in [-0.4, -0.2) is 14.2 Å². The molecular formula is C42H32O6P2. The van der Waals surface area contributed by atoms with Gasteiger partial charge in [0, 0.05) is 21.9 Å². The lowest BCUT2D eigenvalue weighted by atomic mass is 9.91. The summed E-state index contributed by atoms with van der Waals surface area (Å²) in [4.78, 5) is 0. The van der Waals surface area contributed by atoms with Crippen molar-refractivity contribution in [3.8, 4) is 45.6 Å². The third-order valence-corrected chi connectivity index (χ3v) is 9.90. The first kappa shape index (κ1) is 31.7. The van der Waals surface area contributed by atoms with Crippen molar-refractivity contribution in [3.05, 3.63) is 146 Å². The summed E-state index contributed by atoms with van der Waals surface area (Å²) < 4.78 is 37.9. The summed E-state index contributed by atoms with van der Waals surface area (Å²) in [5, 5.41) is 8.09. The maximum absolute atomic E-state index is 6.63. The second-order valence-electron chi connectivity index (χ2n) is 11.5. The van der Waals surface area contributed by atoms with Gasteiger partial charge in [-0.1, -0.05) is 121 Å². The van der Waals surface area contributed by atoms with E-state index in [4.69, 9.17) is 27.6 Å². The predicted octanol–water partition coefficient (Wildman–Crippen LogP) is 11.9. The fraction of sp³-hybridized carbons (Fsp3) is 0.0476. The number of rotatable bonds is 11. The Balaban J connectivity index is 1.26. The summed E-state index contributed by atoms with van der Waals surface area (Å²) in [5.41, 5.74) is 1.60. The first-order valence-corrected chi connectivity index (χ1v) is 17.7. The molecule has 0 amide bonds. The molecule has 0 aliphatic heterocycles. The van der Waals surface area contributed by atoms with Crippen LogP contribution < -0.4 is 27.6 Å². The van der Waals surface area contributed by atoms with Gasteiger partial charge in [0.05, 0.1) is 14.2 Å². The van der Waals surface area contributed by atoms with Crippen LogP contribution in [0.5, 0.6) is 34.5 Å². The van der Waals surface area contributed by atoms with Crippen LogP contribution in [0.4, 0.5) is 0 Å². The van der Waals surface area contributed by atoms with Crippen LogP contribution in [-0.2, 0) is 0 Å². The monoisotopic (exact) mass is 694 g/mol. The number of methoxy groups -OCH3 is 2. The molecule has 8 aromatic carbocycles. The van der Waals surface area contributed by atoms with E-state index in [0.29, 0.717) is 23.0 Å². The number of fused-ring (bicyclic) bond motifs is 4. The van der Waals surface area contributed by atoms with E-state index in [1.165, 1.54) is 0 Å². The number of ether oxygens (including phenoxy) is 2. The molecule has 246 valence electrons. The molecule has 0 aromatic heterocycles. The van der Waals surface area contributed by atoms with Crippen molar-refractivity contribution < 1.29 is 27.6 Å². The van der Waals surface area contributed by atoms with Crippen LogP contribution in [0.25, 0.3) is 54.2 Å². The molecule has 2 atom stereocenters. The molecule has 0 saturated carbocycles. The van der Waals surface area contributed by atoms with Gasteiger partial charge in [-0.05, 0) is 56.6 Å². The summed E-state index contributed by atoms with van der Waals surface area (Å²) in [6.45, 7) is 0. The van der Waals surface area contributed by atoms with Crippen LogP contribution in [0.15, 0.2) is 146 Å². The van der Waals surface area contributed by atoms with Crippen molar-refractivity contribution in [1.82, 2.24) is 0 Å². The average Bonchev–Trinajstić information content (AvgIpc) is 3.17. The van der Waals surface area contributed by atoms with E-state index < -0.39 is 0 Å². The Morgan fingerprint density at radius 1 is 0.340 bits per heavy atom. The molecule has 6 nitrogen and oxygen atoms in total. The third kappa shape index (κ3) is 5.98. The molecule has 0 N–H and O–H groups in total. The highest BCUT2D eigenvalue weighted by atomic mass is 31.1. The van der Waals surface area contributed by atoms with Gasteiger partial charge in [-0.15, -0.1) is 0 Å². The Morgan fingerprint density at radius 2 is 0.700 bits per heavy atom. The fourth-order valence-corrected chi connectivity index (χ4v) is 7.58. The SMILES string of the molecule is COc1cc2ccccc2c(-c2c(OPOc3cccc4ccccc34)c(OC)cc3ccccc23)c1OPOc1cccc2ccccc12. The topological polar surface area (TPSA) is 55.4 Å². The Kier molecular flexibility index (Phi) is 8.96.